The third-order valence-corrected chi connectivity index (χ3v) is 2.51. The van der Waals surface area contributed by atoms with Crippen LogP contribution in [0.3, 0.4) is 0 Å². The highest BCUT2D eigenvalue weighted by atomic mass is 16.5. The molecule has 0 spiro atoms. The van der Waals surface area contributed by atoms with E-state index in [4.69, 9.17) is 10.5 Å². The molecule has 0 aliphatic carbocycles. The molecule has 1 unspecified atom stereocenters. The van der Waals surface area contributed by atoms with Crippen LogP contribution in [0.25, 0.3) is 0 Å². The van der Waals surface area contributed by atoms with Crippen molar-refractivity contribution in [2.24, 2.45) is 5.73 Å². The van der Waals surface area contributed by atoms with Crippen LogP contribution in [0.1, 0.15) is 31.0 Å². The Balaban J connectivity index is 2.90. The predicted octanol–water partition coefficient (Wildman–Crippen LogP) is 1.53. The van der Waals surface area contributed by atoms with E-state index >= 15 is 0 Å². The molecular weight excluding hydrogens is 216 g/mol. The van der Waals surface area contributed by atoms with Gasteiger partial charge in [0.1, 0.15) is 5.75 Å². The van der Waals surface area contributed by atoms with Gasteiger partial charge >= 0.3 is 0 Å². The lowest BCUT2D eigenvalue weighted by atomic mass is 10.0. The maximum absolute atomic E-state index is 10.7. The van der Waals surface area contributed by atoms with Crippen molar-refractivity contribution in [3.05, 3.63) is 29.3 Å². The van der Waals surface area contributed by atoms with E-state index in [2.05, 4.69) is 25.2 Å². The highest BCUT2D eigenvalue weighted by Gasteiger charge is 2.11. The number of carbonyl (C=O) groups is 1. The molecule has 0 saturated carbocycles. The molecule has 1 aromatic rings. The van der Waals surface area contributed by atoms with Gasteiger partial charge in [0, 0.05) is 11.6 Å². The van der Waals surface area contributed by atoms with Gasteiger partial charge in [-0.05, 0) is 26.5 Å². The number of hydrogen-bond donors (Lipinski definition) is 2. The number of nitrogens with one attached hydrogen (secondary N) is 1. The Morgan fingerprint density at radius 2 is 2.24 bits per heavy atom. The highest BCUT2D eigenvalue weighted by Crippen LogP contribution is 2.26. The van der Waals surface area contributed by atoms with Crippen molar-refractivity contribution < 1.29 is 9.53 Å². The molecule has 17 heavy (non-hydrogen) atoms. The minimum atomic E-state index is -0.465. The third-order valence-electron chi connectivity index (χ3n) is 2.51. The van der Waals surface area contributed by atoms with Crippen molar-refractivity contribution in [2.45, 2.75) is 26.8 Å². The molecule has 4 nitrogen and oxygen atoms in total. The van der Waals surface area contributed by atoms with E-state index in [-0.39, 0.29) is 12.6 Å². The number of ether oxygens (including phenoxy) is 1. The molecule has 3 N–H and O–H groups in total. The second-order valence-corrected chi connectivity index (χ2v) is 4.08. The normalized spacial score (nSPS) is 12.2. The number of rotatable bonds is 6. The monoisotopic (exact) mass is 236 g/mol. The molecule has 0 aliphatic rings. The van der Waals surface area contributed by atoms with Crippen LogP contribution < -0.4 is 15.8 Å². The van der Waals surface area contributed by atoms with E-state index < -0.39 is 5.91 Å². The Kier molecular flexibility index (Phi) is 4.97. The van der Waals surface area contributed by atoms with Crippen LogP contribution in [0, 0.1) is 6.92 Å². The summed E-state index contributed by atoms with van der Waals surface area (Å²) >= 11 is 0. The summed E-state index contributed by atoms with van der Waals surface area (Å²) in [7, 11) is 0. The second kappa shape index (κ2) is 6.25. The zero-order chi connectivity index (χ0) is 12.8. The molecule has 1 rings (SSSR count). The predicted molar refractivity (Wildman–Crippen MR) is 68.0 cm³/mol. The quantitative estimate of drug-likeness (QED) is 0.787. The van der Waals surface area contributed by atoms with Gasteiger partial charge in [-0.25, -0.2) is 0 Å². The van der Waals surface area contributed by atoms with Crippen LogP contribution in [0.2, 0.25) is 0 Å². The molecule has 94 valence electrons. The Labute approximate surface area is 102 Å². The summed E-state index contributed by atoms with van der Waals surface area (Å²) in [6.07, 6.45) is 0. The van der Waals surface area contributed by atoms with Crippen LogP contribution in [0.5, 0.6) is 5.75 Å². The number of primary amides is 1. The fourth-order valence-electron chi connectivity index (χ4n) is 1.70. The molecular formula is C13H20N2O2. The molecule has 1 amide bonds. The smallest absolute Gasteiger partial charge is 0.255 e. The summed E-state index contributed by atoms with van der Waals surface area (Å²) < 4.78 is 5.41. The number of carbonyl (C=O) groups excluding carboxylic acids is 1. The number of hydrogen-bond acceptors (Lipinski definition) is 3. The Bertz CT molecular complexity index is 391. The first-order chi connectivity index (χ1) is 8.04. The van der Waals surface area contributed by atoms with E-state index in [1.807, 2.05) is 19.1 Å². The summed E-state index contributed by atoms with van der Waals surface area (Å²) in [6, 6.07) is 6.08. The number of benzene rings is 1. The van der Waals surface area contributed by atoms with E-state index in [9.17, 15) is 4.79 Å². The van der Waals surface area contributed by atoms with Gasteiger partial charge < -0.3 is 15.8 Å². The molecule has 0 aliphatic heterocycles. The summed E-state index contributed by atoms with van der Waals surface area (Å²) in [5.41, 5.74) is 7.29. The van der Waals surface area contributed by atoms with Crippen molar-refractivity contribution in [2.75, 3.05) is 13.2 Å². The Hall–Kier alpha value is -1.55. The first kappa shape index (κ1) is 13.5. The average molecular weight is 236 g/mol. The molecule has 4 heteroatoms. The maximum atomic E-state index is 10.7. The fraction of sp³-hybridized carbons (Fsp3) is 0.462. The third kappa shape index (κ3) is 4.07. The van der Waals surface area contributed by atoms with E-state index in [1.54, 1.807) is 0 Å². The van der Waals surface area contributed by atoms with Gasteiger partial charge in [0.05, 0.1) is 0 Å². The van der Waals surface area contributed by atoms with Gasteiger partial charge in [0.25, 0.3) is 5.91 Å². The Morgan fingerprint density at radius 3 is 2.82 bits per heavy atom. The highest BCUT2D eigenvalue weighted by molar-refractivity contribution is 5.75. The molecule has 1 aromatic carbocycles. The van der Waals surface area contributed by atoms with Gasteiger partial charge in [0.2, 0.25) is 0 Å². The van der Waals surface area contributed by atoms with Gasteiger partial charge in [-0.3, -0.25) is 4.79 Å². The van der Waals surface area contributed by atoms with Gasteiger partial charge in [-0.15, -0.1) is 0 Å². The van der Waals surface area contributed by atoms with Crippen LogP contribution in [0.15, 0.2) is 18.2 Å². The second-order valence-electron chi connectivity index (χ2n) is 4.08. The lowest BCUT2D eigenvalue weighted by Gasteiger charge is -2.17. The van der Waals surface area contributed by atoms with Crippen molar-refractivity contribution >= 4 is 5.91 Å². The minimum absolute atomic E-state index is 0.0884. The molecule has 0 radical (unpaired) electrons. The van der Waals surface area contributed by atoms with Crippen molar-refractivity contribution in [1.82, 2.24) is 5.32 Å². The number of amides is 1. The maximum Gasteiger partial charge on any atom is 0.255 e. The van der Waals surface area contributed by atoms with Crippen molar-refractivity contribution in [3.8, 4) is 5.75 Å². The number of nitrogens with two attached hydrogens (primary N) is 1. The first-order valence-corrected chi connectivity index (χ1v) is 5.79. The van der Waals surface area contributed by atoms with Crippen LogP contribution in [0.4, 0.5) is 0 Å². The van der Waals surface area contributed by atoms with Gasteiger partial charge in [0.15, 0.2) is 6.61 Å². The van der Waals surface area contributed by atoms with E-state index in [0.717, 1.165) is 17.7 Å². The lowest BCUT2D eigenvalue weighted by molar-refractivity contribution is -0.119. The summed E-state index contributed by atoms with van der Waals surface area (Å²) in [4.78, 5) is 10.7. The fourth-order valence-corrected chi connectivity index (χ4v) is 1.70. The van der Waals surface area contributed by atoms with Gasteiger partial charge in [-0.1, -0.05) is 24.6 Å². The van der Waals surface area contributed by atoms with Crippen LogP contribution in [-0.2, 0) is 4.79 Å². The summed E-state index contributed by atoms with van der Waals surface area (Å²) in [5, 5.41) is 3.32. The zero-order valence-corrected chi connectivity index (χ0v) is 10.6. The standard InChI is InChI=1S/C13H20N2O2/c1-4-15-10(3)11-7-9(2)5-6-12(11)17-8-13(14)16/h5-7,10,15H,4,8H2,1-3H3,(H2,14,16). The summed E-state index contributed by atoms with van der Waals surface area (Å²) in [5.74, 6) is 0.246. The molecule has 1 atom stereocenters. The zero-order valence-electron chi connectivity index (χ0n) is 10.6. The molecule has 0 bridgehead atoms. The van der Waals surface area contributed by atoms with Gasteiger partial charge in [-0.2, -0.15) is 0 Å². The van der Waals surface area contributed by atoms with E-state index in [0.29, 0.717) is 5.75 Å². The van der Waals surface area contributed by atoms with Crippen LogP contribution >= 0.6 is 0 Å². The number of aryl methyl sites for hydroxylation is 1. The largest absolute Gasteiger partial charge is 0.483 e. The minimum Gasteiger partial charge on any atom is -0.483 e. The van der Waals surface area contributed by atoms with Crippen molar-refractivity contribution in [1.29, 1.82) is 0 Å². The Morgan fingerprint density at radius 1 is 1.53 bits per heavy atom. The van der Waals surface area contributed by atoms with E-state index in [1.165, 1.54) is 0 Å². The first-order valence-electron chi connectivity index (χ1n) is 5.79. The van der Waals surface area contributed by atoms with Crippen molar-refractivity contribution in [3.63, 3.8) is 0 Å². The SMILES string of the molecule is CCNC(C)c1cc(C)ccc1OCC(N)=O. The molecule has 0 heterocycles. The average Bonchev–Trinajstić information content (AvgIpc) is 2.27. The molecule has 0 fully saturated rings. The molecule has 0 saturated heterocycles. The molecule has 0 aromatic heterocycles. The van der Waals surface area contributed by atoms with Crippen LogP contribution in [-0.4, -0.2) is 19.1 Å². The topological polar surface area (TPSA) is 64.3 Å². The lowest BCUT2D eigenvalue weighted by Crippen LogP contribution is -2.22. The summed E-state index contributed by atoms with van der Waals surface area (Å²) in [6.45, 7) is 6.94.